The summed E-state index contributed by atoms with van der Waals surface area (Å²) in [6.45, 7) is 0. The monoisotopic (exact) mass is 227 g/mol. The lowest BCUT2D eigenvalue weighted by atomic mass is 9.83. The van der Waals surface area contributed by atoms with Gasteiger partial charge < -0.3 is 15.9 Å². The van der Waals surface area contributed by atoms with Gasteiger partial charge >= 0.3 is 0 Å². The molecule has 0 aliphatic heterocycles. The van der Waals surface area contributed by atoms with Crippen molar-refractivity contribution < 1.29 is 10.2 Å². The van der Waals surface area contributed by atoms with Gasteiger partial charge in [-0.2, -0.15) is 0 Å². The molecule has 3 heteroatoms. The summed E-state index contributed by atoms with van der Waals surface area (Å²) in [5.41, 5.74) is 6.04. The second-order valence-corrected chi connectivity index (χ2v) is 5.86. The molecule has 2 aliphatic carbocycles. The molecule has 0 radical (unpaired) electrons. The predicted octanol–water partition coefficient (Wildman–Crippen LogP) is 1.77. The topological polar surface area (TPSA) is 66.5 Å². The molecule has 16 heavy (non-hydrogen) atoms. The molecule has 94 valence electrons. The summed E-state index contributed by atoms with van der Waals surface area (Å²) >= 11 is 0. The molecule has 0 aromatic rings. The largest absolute Gasteiger partial charge is 0.365 e. The van der Waals surface area contributed by atoms with Gasteiger partial charge in [0.15, 0.2) is 5.79 Å². The minimum atomic E-state index is -1.49. The average Bonchev–Trinajstić information content (AvgIpc) is 3.01. The van der Waals surface area contributed by atoms with Crippen LogP contribution in [0.15, 0.2) is 0 Å². The third-order valence-electron chi connectivity index (χ3n) is 4.15. The lowest BCUT2D eigenvalue weighted by molar-refractivity contribution is -0.185. The number of nitrogens with two attached hydrogens (primary N) is 1. The van der Waals surface area contributed by atoms with Gasteiger partial charge in [-0.15, -0.1) is 0 Å². The highest BCUT2D eigenvalue weighted by Gasteiger charge is 2.43. The van der Waals surface area contributed by atoms with Crippen molar-refractivity contribution in [3.8, 4) is 0 Å². The summed E-state index contributed by atoms with van der Waals surface area (Å²) in [6, 6.07) is -0.0429. The standard InChI is InChI=1S/C13H25NO2/c14-12(8-10-4-2-1-3-5-10)9-13(15,16)11-6-7-11/h10-12,15-16H,1-9,14H2. The summed E-state index contributed by atoms with van der Waals surface area (Å²) in [6.07, 6.45) is 9.78. The van der Waals surface area contributed by atoms with Crippen molar-refractivity contribution in [3.63, 3.8) is 0 Å². The maximum Gasteiger partial charge on any atom is 0.166 e. The molecule has 1 atom stereocenters. The van der Waals surface area contributed by atoms with E-state index in [-0.39, 0.29) is 12.0 Å². The Morgan fingerprint density at radius 3 is 2.25 bits per heavy atom. The van der Waals surface area contributed by atoms with Crippen molar-refractivity contribution in [1.82, 2.24) is 0 Å². The van der Waals surface area contributed by atoms with Crippen LogP contribution in [0.25, 0.3) is 0 Å². The first-order valence-corrected chi connectivity index (χ1v) is 6.78. The molecule has 2 saturated carbocycles. The molecule has 1 unspecified atom stereocenters. The van der Waals surface area contributed by atoms with Gasteiger partial charge in [-0.05, 0) is 25.2 Å². The lowest BCUT2D eigenvalue weighted by Gasteiger charge is -2.29. The van der Waals surface area contributed by atoms with Gasteiger partial charge in [-0.25, -0.2) is 0 Å². The summed E-state index contributed by atoms with van der Waals surface area (Å²) in [4.78, 5) is 0. The van der Waals surface area contributed by atoms with Crippen molar-refractivity contribution in [3.05, 3.63) is 0 Å². The first kappa shape index (κ1) is 12.3. The molecule has 0 heterocycles. The van der Waals surface area contributed by atoms with Crippen LogP contribution < -0.4 is 5.73 Å². The molecule has 0 spiro atoms. The molecular weight excluding hydrogens is 202 g/mol. The van der Waals surface area contributed by atoms with Gasteiger partial charge in [-0.3, -0.25) is 0 Å². The third kappa shape index (κ3) is 3.44. The van der Waals surface area contributed by atoms with E-state index >= 15 is 0 Å². The second kappa shape index (κ2) is 5.03. The van der Waals surface area contributed by atoms with Crippen LogP contribution in [0.2, 0.25) is 0 Å². The molecule has 0 amide bonds. The van der Waals surface area contributed by atoms with Gasteiger partial charge in [-0.1, -0.05) is 32.1 Å². The highest BCUT2D eigenvalue weighted by molar-refractivity contribution is 4.89. The number of aliphatic hydroxyl groups is 2. The first-order chi connectivity index (χ1) is 7.58. The van der Waals surface area contributed by atoms with Crippen LogP contribution in [0.4, 0.5) is 0 Å². The zero-order chi connectivity index (χ0) is 11.6. The Kier molecular flexibility index (Phi) is 3.88. The van der Waals surface area contributed by atoms with Crippen molar-refractivity contribution in [2.75, 3.05) is 0 Å². The summed E-state index contributed by atoms with van der Waals surface area (Å²) in [5, 5.41) is 19.7. The number of rotatable bonds is 5. The molecule has 4 N–H and O–H groups in total. The van der Waals surface area contributed by atoms with E-state index in [0.717, 1.165) is 25.2 Å². The zero-order valence-electron chi connectivity index (χ0n) is 10.1. The van der Waals surface area contributed by atoms with E-state index in [0.29, 0.717) is 6.42 Å². The minimum absolute atomic E-state index is 0.0429. The molecule has 2 rings (SSSR count). The Bertz CT molecular complexity index is 220. The molecule has 0 aromatic carbocycles. The predicted molar refractivity (Wildman–Crippen MR) is 63.7 cm³/mol. The molecule has 2 fully saturated rings. The van der Waals surface area contributed by atoms with Gasteiger partial charge in [0.05, 0.1) is 0 Å². The smallest absolute Gasteiger partial charge is 0.166 e. The molecule has 3 nitrogen and oxygen atoms in total. The summed E-state index contributed by atoms with van der Waals surface area (Å²) in [7, 11) is 0. The molecule has 2 aliphatic rings. The van der Waals surface area contributed by atoms with Crippen LogP contribution in [0.3, 0.4) is 0 Å². The quantitative estimate of drug-likeness (QED) is 0.627. The van der Waals surface area contributed by atoms with Crippen molar-refractivity contribution >= 4 is 0 Å². The Morgan fingerprint density at radius 2 is 1.69 bits per heavy atom. The normalized spacial score (nSPS) is 25.7. The Morgan fingerprint density at radius 1 is 1.06 bits per heavy atom. The van der Waals surface area contributed by atoms with E-state index in [4.69, 9.17) is 5.73 Å². The zero-order valence-corrected chi connectivity index (χ0v) is 10.1. The van der Waals surface area contributed by atoms with Crippen molar-refractivity contribution in [1.29, 1.82) is 0 Å². The summed E-state index contributed by atoms with van der Waals surface area (Å²) in [5.74, 6) is -0.683. The highest BCUT2D eigenvalue weighted by Crippen LogP contribution is 2.41. The van der Waals surface area contributed by atoms with E-state index in [1.54, 1.807) is 0 Å². The van der Waals surface area contributed by atoms with Gasteiger partial charge in [0, 0.05) is 18.4 Å². The second-order valence-electron chi connectivity index (χ2n) is 5.86. The Hall–Kier alpha value is -0.120. The van der Waals surface area contributed by atoms with E-state index in [9.17, 15) is 10.2 Å². The fraction of sp³-hybridized carbons (Fsp3) is 1.00. The average molecular weight is 227 g/mol. The third-order valence-corrected chi connectivity index (χ3v) is 4.15. The van der Waals surface area contributed by atoms with Crippen LogP contribution >= 0.6 is 0 Å². The van der Waals surface area contributed by atoms with E-state index in [1.807, 2.05) is 0 Å². The molecule has 0 aromatic heterocycles. The van der Waals surface area contributed by atoms with Gasteiger partial charge in [0.25, 0.3) is 0 Å². The maximum atomic E-state index is 9.83. The molecule has 0 saturated heterocycles. The van der Waals surface area contributed by atoms with Crippen LogP contribution in [0.5, 0.6) is 0 Å². The molecule has 0 bridgehead atoms. The van der Waals surface area contributed by atoms with Crippen molar-refractivity contribution in [2.45, 2.75) is 69.6 Å². The van der Waals surface area contributed by atoms with E-state index in [1.165, 1.54) is 32.1 Å². The number of hydrogen-bond donors (Lipinski definition) is 3. The SMILES string of the molecule is NC(CC1CCCCC1)CC(O)(O)C1CC1. The van der Waals surface area contributed by atoms with E-state index in [2.05, 4.69) is 0 Å². The minimum Gasteiger partial charge on any atom is -0.365 e. The van der Waals surface area contributed by atoms with Gasteiger partial charge in [0.2, 0.25) is 0 Å². The van der Waals surface area contributed by atoms with E-state index < -0.39 is 5.79 Å². The first-order valence-electron chi connectivity index (χ1n) is 6.78. The fourth-order valence-corrected chi connectivity index (χ4v) is 3.03. The van der Waals surface area contributed by atoms with Crippen LogP contribution in [-0.4, -0.2) is 22.0 Å². The lowest BCUT2D eigenvalue weighted by Crippen LogP contribution is -2.39. The maximum absolute atomic E-state index is 9.83. The van der Waals surface area contributed by atoms with Crippen LogP contribution in [-0.2, 0) is 0 Å². The van der Waals surface area contributed by atoms with Crippen LogP contribution in [0.1, 0.15) is 57.8 Å². The van der Waals surface area contributed by atoms with Crippen molar-refractivity contribution in [2.24, 2.45) is 17.6 Å². The summed E-state index contributed by atoms with van der Waals surface area (Å²) < 4.78 is 0. The van der Waals surface area contributed by atoms with Crippen LogP contribution in [0, 0.1) is 11.8 Å². The Balaban J connectivity index is 1.72. The highest BCUT2D eigenvalue weighted by atomic mass is 16.5. The fourth-order valence-electron chi connectivity index (χ4n) is 3.03. The molecular formula is C13H25NO2. The number of hydrogen-bond acceptors (Lipinski definition) is 3. The Labute approximate surface area is 98.0 Å². The van der Waals surface area contributed by atoms with Gasteiger partial charge in [0.1, 0.15) is 0 Å².